The summed E-state index contributed by atoms with van der Waals surface area (Å²) in [5.41, 5.74) is 9.15. The van der Waals surface area contributed by atoms with Gasteiger partial charge >= 0.3 is 11.9 Å². The van der Waals surface area contributed by atoms with Crippen LogP contribution < -0.4 is 53.0 Å². The van der Waals surface area contributed by atoms with E-state index in [1.165, 1.54) is 48.6 Å². The van der Waals surface area contributed by atoms with Gasteiger partial charge in [-0.3, -0.25) is 57.5 Å². The first-order valence-electron chi connectivity index (χ1n) is 32.0. The molecule has 3 aliphatic heterocycles. The predicted octanol–water partition coefficient (Wildman–Crippen LogP) is -0.555. The van der Waals surface area contributed by atoms with Crippen molar-refractivity contribution in [2.45, 2.75) is 150 Å². The number of aromatic nitrogens is 3. The van der Waals surface area contributed by atoms with Gasteiger partial charge in [-0.05, 0) is 98.0 Å². The molecule has 530 valence electrons. The van der Waals surface area contributed by atoms with Crippen molar-refractivity contribution in [2.75, 3.05) is 31.3 Å². The second-order valence-corrected chi connectivity index (χ2v) is 26.1. The first-order valence-corrected chi connectivity index (χ1v) is 34.3. The molecule has 8 rings (SSSR count). The Morgan fingerprint density at radius 2 is 1.28 bits per heavy atom. The number of aromatic hydroxyl groups is 1. The van der Waals surface area contributed by atoms with E-state index in [2.05, 4.69) is 62.6 Å². The molecule has 0 radical (unpaired) electrons. The number of thioether (sulfide) groups is 2. The molecule has 4 bridgehead atoms. The van der Waals surface area contributed by atoms with Crippen molar-refractivity contribution in [3.05, 3.63) is 113 Å². The van der Waals surface area contributed by atoms with E-state index in [-0.39, 0.29) is 80.6 Å². The molecule has 1 saturated heterocycles. The number of carbonyl (C=O) groups excluding carboxylic acids is 10. The Bertz CT molecular complexity index is 3740. The number of carboxylic acids is 2. The van der Waals surface area contributed by atoms with Gasteiger partial charge in [-0.1, -0.05) is 41.6 Å². The lowest BCUT2D eigenvalue weighted by molar-refractivity contribution is -0.144. The number of aliphatic hydroxyl groups excluding tert-OH is 1. The average Bonchev–Trinajstić information content (AvgIpc) is 1.71. The smallest absolute Gasteiger partial charge is 0.305 e. The number of aromatic amines is 2. The van der Waals surface area contributed by atoms with Gasteiger partial charge in [0.25, 0.3) is 5.91 Å². The highest BCUT2D eigenvalue weighted by molar-refractivity contribution is 7.98. The summed E-state index contributed by atoms with van der Waals surface area (Å²) in [7, 11) is 0. The number of aliphatic hydroxyl groups is 1. The molecule has 2 aromatic heterocycles. The number of nitrogens with one attached hydrogen (secondary N) is 10. The summed E-state index contributed by atoms with van der Waals surface area (Å²) in [5.74, 6) is -13.1. The Kier molecular flexibility index (Phi) is 27.4. The van der Waals surface area contributed by atoms with Gasteiger partial charge in [0, 0.05) is 77.8 Å². The van der Waals surface area contributed by atoms with Gasteiger partial charge in [0.1, 0.15) is 78.7 Å². The summed E-state index contributed by atoms with van der Waals surface area (Å²) in [5, 5.41) is 65.8. The minimum atomic E-state index is -1.99. The summed E-state index contributed by atoms with van der Waals surface area (Å²) < 4.78 is 6.28. The number of hydrogen-bond donors (Lipinski definition) is 15. The molecule has 99 heavy (non-hydrogen) atoms. The summed E-state index contributed by atoms with van der Waals surface area (Å²) in [4.78, 5) is 185. The fourth-order valence-corrected chi connectivity index (χ4v) is 13.3. The number of fused-ring (bicyclic) bond motifs is 7. The van der Waals surface area contributed by atoms with E-state index in [1.807, 2.05) is 6.07 Å². The quantitative estimate of drug-likeness (QED) is 0.0745. The van der Waals surface area contributed by atoms with Gasteiger partial charge in [0.05, 0.1) is 31.9 Å². The lowest BCUT2D eigenvalue weighted by Crippen LogP contribution is -2.62. The molecule has 0 aliphatic carbocycles. The maximum absolute atomic E-state index is 15.3. The molecule has 5 aromatic rings. The van der Waals surface area contributed by atoms with Crippen LogP contribution in [-0.4, -0.2) is 209 Å². The zero-order valence-electron chi connectivity index (χ0n) is 53.9. The van der Waals surface area contributed by atoms with E-state index in [0.717, 1.165) is 29.8 Å². The summed E-state index contributed by atoms with van der Waals surface area (Å²) in [6.45, 7) is 1.41. The molecule has 32 nitrogen and oxygen atoms in total. The van der Waals surface area contributed by atoms with Gasteiger partial charge < -0.3 is 93.1 Å². The largest absolute Gasteiger partial charge is 0.508 e. The van der Waals surface area contributed by atoms with E-state index >= 15 is 9.59 Å². The molecule has 10 atom stereocenters. The standard InChI is InChI=1S/C65H80N14O18S2/c1-35(80)56-64(94)74-45(22-36-12-14-41(81)15-13-36)58(88)72-46(24-40-28-67-34-69-40)59(89)76-50(57(66)87)32-98-30-37-19-38-21-42(20-37)96-17-6-2-3-7-18-97-70-29-53(82)71-47(25-54(83)84)60(90)77-51(33-99-31-38)62(92)75-49(23-39-27-68-44-10-5-4-9-43(39)44)65(95)79-16-8-11-52(79)63(93)73-48(26-55(85)86)61(91)78-56/h4-5,9-10,12-15,19-21,27-29,34-35,45-52,56,68,80-81H,2-3,6-8,11,16-18,22-26,30-33H2,1H3,(H2,66,87)(H,67,69)(H,71,82)(H,72,88)(H,73,93)(H,74,94)(H,75,92)(H,76,89)(H,77,90)(H,78,91)(H,83,84)(H,85,86)/b70-29+/t35-,45+,46+,47+,48+,49+,50-,51+,52+,56+/m1/s1. The van der Waals surface area contributed by atoms with Crippen LogP contribution in [0.5, 0.6) is 11.5 Å². The van der Waals surface area contributed by atoms with E-state index in [0.29, 0.717) is 70.3 Å². The molecule has 0 spiro atoms. The number of para-hydroxylation sites is 1. The number of carboxylic acid groups (broad SMARTS) is 2. The van der Waals surface area contributed by atoms with Gasteiger partial charge in [-0.15, -0.1) is 0 Å². The highest BCUT2D eigenvalue weighted by Gasteiger charge is 2.42. The van der Waals surface area contributed by atoms with Crippen LogP contribution in [0.2, 0.25) is 0 Å². The number of nitrogens with zero attached hydrogens (tertiary/aromatic N) is 3. The highest BCUT2D eigenvalue weighted by Crippen LogP contribution is 2.28. The monoisotopic (exact) mass is 1410 g/mol. The van der Waals surface area contributed by atoms with Crippen molar-refractivity contribution in [3.63, 3.8) is 0 Å². The fraction of sp³-hybridized carbons (Fsp3) is 0.446. The minimum Gasteiger partial charge on any atom is -0.508 e. The highest BCUT2D eigenvalue weighted by atomic mass is 32.2. The van der Waals surface area contributed by atoms with Crippen molar-refractivity contribution in [1.29, 1.82) is 0 Å². The van der Waals surface area contributed by atoms with Crippen LogP contribution in [0.15, 0.2) is 90.6 Å². The molecular formula is C65H80N14O18S2. The SMILES string of the molecule is C[C@@H](O)[C@@H]1NC(=O)[C@H](CC(=O)O)NC(=O)[C@@H]2CCCN2C(=O)[C@H](Cc2c[nH]c3ccccc23)NC(=O)[C@@H]2CSCc3cc(cc(c3)OCCCCCCO/N=C/C(=O)N[C@@H](CC(=O)O)C(=O)N2)CSC[C@H](C(N)=O)NC(=O)[C@H](Cc2cnc[nH]2)NC(=O)[C@H](Cc2ccc(O)cc2)NC1=O. The summed E-state index contributed by atoms with van der Waals surface area (Å²) >= 11 is 2.34. The number of nitrogens with two attached hydrogens (primary N) is 1. The Balaban J connectivity index is 1.19. The predicted molar refractivity (Wildman–Crippen MR) is 359 cm³/mol. The number of amides is 10. The molecule has 1 fully saturated rings. The molecule has 3 aliphatic rings. The first-order chi connectivity index (χ1) is 47.5. The van der Waals surface area contributed by atoms with Gasteiger partial charge in [0.15, 0.2) is 0 Å². The number of oxime groups is 1. The molecule has 3 aromatic carbocycles. The van der Waals surface area contributed by atoms with Crippen LogP contribution in [0, 0.1) is 0 Å². The number of H-pyrrole nitrogens is 2. The maximum Gasteiger partial charge on any atom is 0.305 e. The second-order valence-electron chi connectivity index (χ2n) is 24.0. The number of rotatable bonds is 12. The van der Waals surface area contributed by atoms with Crippen molar-refractivity contribution in [3.8, 4) is 11.5 Å². The molecule has 5 heterocycles. The Labute approximate surface area is 575 Å². The normalized spacial score (nSPS) is 24.4. The first kappa shape index (κ1) is 74.6. The van der Waals surface area contributed by atoms with E-state index in [1.54, 1.807) is 42.6 Å². The number of carbonyl (C=O) groups is 12. The van der Waals surface area contributed by atoms with E-state index in [4.69, 9.17) is 15.3 Å². The van der Waals surface area contributed by atoms with Crippen LogP contribution >= 0.6 is 23.5 Å². The zero-order chi connectivity index (χ0) is 71.1. The second kappa shape index (κ2) is 36.4. The average molecular weight is 1410 g/mol. The van der Waals surface area contributed by atoms with E-state index < -0.39 is 144 Å². The molecule has 0 saturated carbocycles. The Hall–Kier alpha value is -10.2. The third kappa shape index (κ3) is 22.4. The molecule has 16 N–H and O–H groups in total. The van der Waals surface area contributed by atoms with Crippen molar-refractivity contribution < 1.29 is 87.5 Å². The van der Waals surface area contributed by atoms with Crippen molar-refractivity contribution >= 4 is 112 Å². The Morgan fingerprint density at radius 1 is 0.657 bits per heavy atom. The molecular weight excluding hydrogens is 1330 g/mol. The lowest BCUT2D eigenvalue weighted by Gasteiger charge is -2.31. The number of primary amides is 1. The third-order valence-corrected chi connectivity index (χ3v) is 18.5. The number of imidazole rings is 1. The van der Waals surface area contributed by atoms with Crippen molar-refractivity contribution in [2.24, 2.45) is 10.9 Å². The number of phenols is 1. The molecule has 34 heteroatoms. The van der Waals surface area contributed by atoms with Gasteiger partial charge in [0.2, 0.25) is 53.2 Å². The topological polar surface area (TPSA) is 487 Å². The summed E-state index contributed by atoms with van der Waals surface area (Å²) in [6, 6.07) is 3.17. The van der Waals surface area contributed by atoms with Crippen LogP contribution in [0.25, 0.3) is 10.9 Å². The van der Waals surface area contributed by atoms with Gasteiger partial charge in [-0.25, -0.2) is 4.98 Å². The number of aliphatic carboxylic acids is 2. The minimum absolute atomic E-state index is 0.0401. The van der Waals surface area contributed by atoms with E-state index in [9.17, 15) is 68.4 Å². The van der Waals surface area contributed by atoms with Crippen LogP contribution in [0.1, 0.15) is 86.2 Å². The third-order valence-electron chi connectivity index (χ3n) is 16.3. The maximum atomic E-state index is 15.3. The lowest BCUT2D eigenvalue weighted by atomic mass is 10.0. The summed E-state index contributed by atoms with van der Waals surface area (Å²) in [6.07, 6.45) is 3.14. The number of phenolic OH excluding ortho intramolecular Hbond substituents is 1. The van der Waals surface area contributed by atoms with Crippen LogP contribution in [-0.2, 0) is 93.1 Å². The van der Waals surface area contributed by atoms with Crippen LogP contribution in [0.4, 0.5) is 0 Å². The van der Waals surface area contributed by atoms with Crippen molar-refractivity contribution in [1.82, 2.24) is 62.4 Å². The molecule has 10 amide bonds. The number of ether oxygens (including phenoxy) is 1. The fourth-order valence-electron chi connectivity index (χ4n) is 11.3. The zero-order valence-corrected chi connectivity index (χ0v) is 55.5. The number of hydrogen-bond acceptors (Lipinski definition) is 20. The molecule has 0 unspecified atom stereocenters. The van der Waals surface area contributed by atoms with Crippen LogP contribution in [0.3, 0.4) is 0 Å². The number of benzene rings is 3. The Morgan fingerprint density at radius 3 is 1.97 bits per heavy atom. The van der Waals surface area contributed by atoms with Gasteiger partial charge in [-0.2, -0.15) is 23.5 Å².